The molecular weight excluding hydrogens is 266 g/mol. The van der Waals surface area contributed by atoms with Crippen LogP contribution in [0.3, 0.4) is 0 Å². The molecule has 0 aromatic heterocycles. The van der Waals surface area contributed by atoms with Gasteiger partial charge in [0.15, 0.2) is 0 Å². The summed E-state index contributed by atoms with van der Waals surface area (Å²) in [6.07, 6.45) is 2.82. The predicted molar refractivity (Wildman–Crippen MR) is 70.8 cm³/mol. The molecule has 1 aromatic rings. The Balaban J connectivity index is 2.22. The lowest BCUT2D eigenvalue weighted by Gasteiger charge is -2.30. The van der Waals surface area contributed by atoms with E-state index in [1.54, 1.807) is 24.3 Å². The molecule has 0 unspecified atom stereocenters. The van der Waals surface area contributed by atoms with Gasteiger partial charge in [-0.25, -0.2) is 13.5 Å². The number of likely N-dealkylation sites (tertiary alicyclic amines) is 1. The molecule has 0 saturated carbocycles. The number of nitrogens with zero attached hydrogens (tertiary/aromatic N) is 1. The number of rotatable bonds is 4. The molecule has 104 valence electrons. The zero-order valence-electron chi connectivity index (χ0n) is 10.9. The van der Waals surface area contributed by atoms with Crippen LogP contribution in [0.2, 0.25) is 0 Å². The van der Waals surface area contributed by atoms with Gasteiger partial charge in [-0.15, -0.1) is 0 Å². The SMILES string of the molecule is CS(=O)(=O)OC[N+]1(C(=O)c2ccccc2)CCCC1. The van der Waals surface area contributed by atoms with Crippen molar-refractivity contribution in [1.29, 1.82) is 0 Å². The number of benzene rings is 1. The molecule has 0 atom stereocenters. The average Bonchev–Trinajstić information content (AvgIpc) is 2.86. The van der Waals surface area contributed by atoms with Gasteiger partial charge in [-0.3, -0.25) is 0 Å². The van der Waals surface area contributed by atoms with Gasteiger partial charge in [0, 0.05) is 12.8 Å². The Morgan fingerprint density at radius 3 is 2.32 bits per heavy atom. The van der Waals surface area contributed by atoms with Crippen molar-refractivity contribution >= 4 is 16.0 Å². The van der Waals surface area contributed by atoms with E-state index < -0.39 is 10.1 Å². The molecule has 0 aliphatic carbocycles. The first-order valence-electron chi connectivity index (χ1n) is 6.23. The molecule has 1 amide bonds. The van der Waals surface area contributed by atoms with E-state index in [-0.39, 0.29) is 17.1 Å². The molecule has 0 radical (unpaired) electrons. The second-order valence-electron chi connectivity index (χ2n) is 4.92. The molecule has 1 saturated heterocycles. The van der Waals surface area contributed by atoms with Crippen LogP contribution in [-0.4, -0.2) is 44.9 Å². The van der Waals surface area contributed by atoms with Crippen molar-refractivity contribution in [2.75, 3.05) is 26.1 Å². The molecule has 19 heavy (non-hydrogen) atoms. The van der Waals surface area contributed by atoms with E-state index in [0.717, 1.165) is 19.1 Å². The molecule has 1 aliphatic heterocycles. The van der Waals surface area contributed by atoms with Crippen LogP contribution < -0.4 is 0 Å². The summed E-state index contributed by atoms with van der Waals surface area (Å²) in [6.45, 7) is 1.15. The van der Waals surface area contributed by atoms with Crippen LogP contribution in [0.1, 0.15) is 23.2 Å². The Bertz CT molecular complexity index is 547. The fourth-order valence-corrected chi connectivity index (χ4v) is 2.78. The van der Waals surface area contributed by atoms with Crippen molar-refractivity contribution in [3.05, 3.63) is 35.9 Å². The van der Waals surface area contributed by atoms with Crippen LogP contribution in [0.5, 0.6) is 0 Å². The third-order valence-electron chi connectivity index (χ3n) is 3.39. The largest absolute Gasteiger partial charge is 0.347 e. The fourth-order valence-electron chi connectivity index (χ4n) is 2.38. The lowest BCUT2D eigenvalue weighted by atomic mass is 10.2. The van der Waals surface area contributed by atoms with E-state index in [0.29, 0.717) is 18.7 Å². The van der Waals surface area contributed by atoms with Gasteiger partial charge in [-0.05, 0) is 12.1 Å². The Morgan fingerprint density at radius 2 is 1.79 bits per heavy atom. The summed E-state index contributed by atoms with van der Waals surface area (Å²) in [5.41, 5.74) is 0.599. The zero-order chi connectivity index (χ0) is 13.9. The van der Waals surface area contributed by atoms with Gasteiger partial charge in [0.2, 0.25) is 6.73 Å². The lowest BCUT2D eigenvalue weighted by Crippen LogP contribution is -2.52. The summed E-state index contributed by atoms with van der Waals surface area (Å²) in [6, 6.07) is 8.95. The van der Waals surface area contributed by atoms with Crippen LogP contribution in [0.4, 0.5) is 0 Å². The number of carbonyl (C=O) groups is 1. The van der Waals surface area contributed by atoms with E-state index in [1.807, 2.05) is 6.07 Å². The Kier molecular flexibility index (Phi) is 4.03. The predicted octanol–water partition coefficient (Wildman–Crippen LogP) is 1.37. The summed E-state index contributed by atoms with van der Waals surface area (Å²) in [7, 11) is -3.53. The smallest absolute Gasteiger partial charge is 0.233 e. The third-order valence-corrected chi connectivity index (χ3v) is 3.92. The molecule has 1 heterocycles. The first kappa shape index (κ1) is 14.2. The highest BCUT2D eigenvalue weighted by Gasteiger charge is 2.41. The van der Waals surface area contributed by atoms with Crippen LogP contribution in [0.25, 0.3) is 0 Å². The van der Waals surface area contributed by atoms with E-state index >= 15 is 0 Å². The zero-order valence-corrected chi connectivity index (χ0v) is 11.7. The maximum absolute atomic E-state index is 12.6. The molecule has 2 rings (SSSR count). The molecule has 1 aromatic carbocycles. The van der Waals surface area contributed by atoms with E-state index in [9.17, 15) is 13.2 Å². The normalized spacial score (nSPS) is 18.4. The van der Waals surface area contributed by atoms with E-state index in [2.05, 4.69) is 0 Å². The van der Waals surface area contributed by atoms with Crippen molar-refractivity contribution in [3.63, 3.8) is 0 Å². The summed E-state index contributed by atoms with van der Waals surface area (Å²) in [5.74, 6) is -0.0678. The van der Waals surface area contributed by atoms with Gasteiger partial charge in [0.1, 0.15) is 0 Å². The van der Waals surface area contributed by atoms with E-state index in [4.69, 9.17) is 4.18 Å². The molecule has 1 aliphatic rings. The number of hydrogen-bond acceptors (Lipinski definition) is 4. The van der Waals surface area contributed by atoms with Gasteiger partial charge in [0.05, 0.1) is 24.9 Å². The van der Waals surface area contributed by atoms with Crippen molar-refractivity contribution in [1.82, 2.24) is 0 Å². The maximum atomic E-state index is 12.6. The van der Waals surface area contributed by atoms with Crippen LogP contribution in [-0.2, 0) is 14.3 Å². The number of amides is 1. The number of hydrogen-bond donors (Lipinski definition) is 0. The highest BCUT2D eigenvalue weighted by atomic mass is 32.2. The van der Waals surface area contributed by atoms with Crippen molar-refractivity contribution in [3.8, 4) is 0 Å². The molecule has 0 spiro atoms. The molecule has 6 heteroatoms. The summed E-state index contributed by atoms with van der Waals surface area (Å²) < 4.78 is 27.2. The van der Waals surface area contributed by atoms with Gasteiger partial charge < -0.3 is 0 Å². The maximum Gasteiger partial charge on any atom is 0.347 e. The van der Waals surface area contributed by atoms with Crippen LogP contribution >= 0.6 is 0 Å². The number of carbonyl (C=O) groups excluding carboxylic acids is 1. The minimum Gasteiger partial charge on any atom is -0.233 e. The average molecular weight is 284 g/mol. The van der Waals surface area contributed by atoms with Crippen LogP contribution in [0, 0.1) is 0 Å². The van der Waals surface area contributed by atoms with E-state index in [1.165, 1.54) is 0 Å². The fraction of sp³-hybridized carbons (Fsp3) is 0.462. The molecule has 0 bridgehead atoms. The summed E-state index contributed by atoms with van der Waals surface area (Å²) in [5, 5.41) is 0. The standard InChI is InChI=1S/C13H18NO4S/c1-19(16,17)18-11-14(9-5-6-10-14)13(15)12-7-3-2-4-8-12/h2-4,7-8H,5-6,9-11H2,1H3/q+1. The molecule has 0 N–H and O–H groups in total. The topological polar surface area (TPSA) is 60.4 Å². The Labute approximate surface area is 113 Å². The minimum atomic E-state index is -3.53. The molecular formula is C13H18NO4S+. The van der Waals surface area contributed by atoms with Gasteiger partial charge >= 0.3 is 5.91 Å². The number of quaternary nitrogens is 1. The lowest BCUT2D eigenvalue weighted by molar-refractivity contribution is -0.853. The van der Waals surface area contributed by atoms with Gasteiger partial charge in [0.25, 0.3) is 10.1 Å². The van der Waals surface area contributed by atoms with Gasteiger partial charge in [-0.2, -0.15) is 8.42 Å². The quantitative estimate of drug-likeness (QED) is 0.619. The molecule has 1 fully saturated rings. The van der Waals surface area contributed by atoms with Crippen molar-refractivity contribution < 1.29 is 21.9 Å². The second-order valence-corrected chi connectivity index (χ2v) is 6.57. The first-order valence-corrected chi connectivity index (χ1v) is 8.05. The molecule has 5 nitrogen and oxygen atoms in total. The second kappa shape index (κ2) is 5.40. The summed E-state index contributed by atoms with van der Waals surface area (Å²) >= 11 is 0. The Hall–Kier alpha value is -1.24. The van der Waals surface area contributed by atoms with Crippen molar-refractivity contribution in [2.45, 2.75) is 12.8 Å². The van der Waals surface area contributed by atoms with Crippen LogP contribution in [0.15, 0.2) is 30.3 Å². The minimum absolute atomic E-state index is 0.0666. The first-order chi connectivity index (χ1) is 8.93. The van der Waals surface area contributed by atoms with Gasteiger partial charge in [-0.1, -0.05) is 18.2 Å². The monoisotopic (exact) mass is 284 g/mol. The third kappa shape index (κ3) is 3.40. The Morgan fingerprint density at radius 1 is 1.21 bits per heavy atom. The highest BCUT2D eigenvalue weighted by molar-refractivity contribution is 7.85. The highest BCUT2D eigenvalue weighted by Crippen LogP contribution is 2.24. The van der Waals surface area contributed by atoms with Crippen molar-refractivity contribution in [2.24, 2.45) is 0 Å². The summed E-state index contributed by atoms with van der Waals surface area (Å²) in [4.78, 5) is 12.6.